The van der Waals surface area contributed by atoms with Crippen molar-refractivity contribution in [2.75, 3.05) is 31.6 Å². The van der Waals surface area contributed by atoms with Crippen molar-refractivity contribution in [2.45, 2.75) is 125 Å². The fourth-order valence-corrected chi connectivity index (χ4v) is 9.24. The molecule has 2 aromatic heterocycles. The van der Waals surface area contributed by atoms with Crippen LogP contribution in [0, 0.1) is 16.7 Å². The molecule has 0 saturated heterocycles. The molecular weight excluding hydrogens is 863 g/mol. The maximum atomic E-state index is 13.8. The number of imide groups is 1. The molecule has 3 aromatic rings. The summed E-state index contributed by atoms with van der Waals surface area (Å²) in [6, 6.07) is 3.41. The summed E-state index contributed by atoms with van der Waals surface area (Å²) in [5.41, 5.74) is 2.39. The number of fused-ring (bicyclic) bond motifs is 5. The Hall–Kier alpha value is -6.27. The van der Waals surface area contributed by atoms with Crippen LogP contribution in [-0.4, -0.2) is 99.4 Å². The summed E-state index contributed by atoms with van der Waals surface area (Å²) >= 11 is 0. The Morgan fingerprint density at radius 2 is 1.58 bits per heavy atom. The van der Waals surface area contributed by atoms with Gasteiger partial charge in [0.25, 0.3) is 17.4 Å². The minimum Gasteiger partial charge on any atom is -0.458 e. The fraction of sp³-hybridized carbons (Fsp3) is 0.531. The highest BCUT2D eigenvalue weighted by molar-refractivity contribution is 6.13. The molecule has 3 atom stereocenters. The van der Waals surface area contributed by atoms with Crippen molar-refractivity contribution in [3.05, 3.63) is 68.5 Å². The summed E-state index contributed by atoms with van der Waals surface area (Å²) in [5.74, 6) is -3.58. The number of aromatic nitrogens is 2. The van der Waals surface area contributed by atoms with Crippen LogP contribution in [0.2, 0.25) is 0 Å². The van der Waals surface area contributed by atoms with Crippen LogP contribution in [-0.2, 0) is 74.6 Å². The van der Waals surface area contributed by atoms with Gasteiger partial charge in [0.1, 0.15) is 18.7 Å². The molecule has 0 spiro atoms. The van der Waals surface area contributed by atoms with Crippen molar-refractivity contribution in [1.82, 2.24) is 30.4 Å². The van der Waals surface area contributed by atoms with Gasteiger partial charge in [0.15, 0.2) is 5.60 Å². The minimum atomic E-state index is -1.93. The van der Waals surface area contributed by atoms with E-state index in [2.05, 4.69) is 21.3 Å². The molecule has 1 aromatic carbocycles. The van der Waals surface area contributed by atoms with Crippen LogP contribution >= 0.6 is 0 Å². The average molecular weight is 924 g/mol. The Bertz CT molecular complexity index is 2650. The number of esters is 1. The van der Waals surface area contributed by atoms with E-state index < -0.39 is 58.1 Å². The highest BCUT2D eigenvalue weighted by Crippen LogP contribution is 2.43. The van der Waals surface area contributed by atoms with Crippen LogP contribution in [0.3, 0.4) is 0 Å². The molecular formula is C49H61N7O11. The van der Waals surface area contributed by atoms with E-state index in [1.54, 1.807) is 44.4 Å². The number of benzene rings is 1. The number of carbonyl (C=O) groups excluding carboxylic acids is 7. The van der Waals surface area contributed by atoms with Gasteiger partial charge in [-0.15, -0.1) is 0 Å². The second kappa shape index (κ2) is 18.8. The zero-order chi connectivity index (χ0) is 48.7. The van der Waals surface area contributed by atoms with Gasteiger partial charge in [-0.3, -0.25) is 38.5 Å². The first-order valence-corrected chi connectivity index (χ1v) is 23.0. The summed E-state index contributed by atoms with van der Waals surface area (Å²) in [6.07, 6.45) is 4.59. The number of amides is 6. The van der Waals surface area contributed by atoms with Crippen LogP contribution in [0.15, 0.2) is 35.1 Å². The zero-order valence-electron chi connectivity index (χ0n) is 39.5. The number of rotatable bonds is 18. The molecule has 4 aliphatic rings. The lowest BCUT2D eigenvalue weighted by Crippen LogP contribution is -2.54. The number of hydrogen-bond acceptors (Lipinski definition) is 12. The molecule has 1 aliphatic carbocycles. The number of ether oxygens (including phenoxy) is 2. The van der Waals surface area contributed by atoms with E-state index in [-0.39, 0.29) is 93.1 Å². The number of aliphatic hydroxyl groups is 1. The highest BCUT2D eigenvalue weighted by atomic mass is 16.6. The monoisotopic (exact) mass is 923 g/mol. The van der Waals surface area contributed by atoms with Gasteiger partial charge in [-0.25, -0.2) is 9.78 Å². The van der Waals surface area contributed by atoms with Crippen molar-refractivity contribution >= 4 is 58.0 Å². The largest absolute Gasteiger partial charge is 0.458 e. The van der Waals surface area contributed by atoms with Crippen LogP contribution in [0.4, 0.5) is 5.69 Å². The minimum absolute atomic E-state index is 0.00463. The highest BCUT2D eigenvalue weighted by Gasteiger charge is 2.46. The van der Waals surface area contributed by atoms with Gasteiger partial charge in [-0.2, -0.15) is 0 Å². The van der Waals surface area contributed by atoms with Crippen LogP contribution in [0.25, 0.3) is 22.3 Å². The quantitative estimate of drug-likeness (QED) is 0.0715. The molecule has 0 bridgehead atoms. The van der Waals surface area contributed by atoms with Gasteiger partial charge in [-0.1, -0.05) is 48.5 Å². The van der Waals surface area contributed by atoms with Gasteiger partial charge >= 0.3 is 5.97 Å². The lowest BCUT2D eigenvalue weighted by Gasteiger charge is -2.31. The van der Waals surface area contributed by atoms with Crippen molar-refractivity contribution in [1.29, 1.82) is 0 Å². The molecule has 6 amide bonds. The SMILES string of the molecule is CC[C@@]1(O)C(=O)OCc2c1cc1n(c2=O)Cc2c-1nc1ccc(NC(=O)[C@H](C)NC(=O)[C@@H](NC(=O)CC(C)(C)COCC(C)(C)CNC(=O)CCN3C(=O)C=CC3=O)C(C)C)c3c1c2CCC3. The molecule has 18 nitrogen and oxygen atoms in total. The van der Waals surface area contributed by atoms with E-state index in [4.69, 9.17) is 14.5 Å². The van der Waals surface area contributed by atoms with Crippen LogP contribution in [0.1, 0.15) is 109 Å². The van der Waals surface area contributed by atoms with Gasteiger partial charge < -0.3 is 40.4 Å². The maximum absolute atomic E-state index is 13.8. The maximum Gasteiger partial charge on any atom is 0.343 e. The second-order valence-corrected chi connectivity index (χ2v) is 20.1. The van der Waals surface area contributed by atoms with Crippen molar-refractivity contribution in [3.63, 3.8) is 0 Å². The first-order valence-electron chi connectivity index (χ1n) is 23.0. The molecule has 0 unspecified atom stereocenters. The molecule has 3 aliphatic heterocycles. The standard InChI is InChI=1S/C49H61N7O11/c1-9-49(65)32-19-35-42-30(21-56(35)45(63)31(32)22-67-46(49)64)28-11-10-12-29-33(13-14-34(52-42)40(28)29)53-43(61)27(4)51-44(62)41(26(2)3)54-37(58)20-47(5,6)24-66-25-48(7,8)23-50-36(57)17-18-55-38(59)15-16-39(55)60/h13-16,19,26-27,41,65H,9-12,17-18,20-25H2,1-8H3,(H,50,57)(H,51,62)(H,53,61)(H,54,58)/t27-,41-,49-/m0/s1. The Morgan fingerprint density at radius 1 is 0.896 bits per heavy atom. The second-order valence-electron chi connectivity index (χ2n) is 20.1. The number of pyridine rings is 2. The van der Waals surface area contributed by atoms with E-state index in [9.17, 15) is 43.5 Å². The Balaban J connectivity index is 0.935. The van der Waals surface area contributed by atoms with E-state index in [0.29, 0.717) is 29.0 Å². The molecule has 358 valence electrons. The molecule has 0 saturated carbocycles. The Morgan fingerprint density at radius 3 is 2.27 bits per heavy atom. The summed E-state index contributed by atoms with van der Waals surface area (Å²) < 4.78 is 12.9. The predicted molar refractivity (Wildman–Crippen MR) is 246 cm³/mol. The average Bonchev–Trinajstić information content (AvgIpc) is 3.81. The van der Waals surface area contributed by atoms with Gasteiger partial charge in [0.05, 0.1) is 42.2 Å². The van der Waals surface area contributed by atoms with Crippen LogP contribution in [0.5, 0.6) is 0 Å². The topological polar surface area (TPSA) is 244 Å². The number of cyclic esters (lactones) is 1. The van der Waals surface area contributed by atoms with Crippen molar-refractivity contribution in [3.8, 4) is 11.4 Å². The number of aryl methyl sites for hydroxylation is 2. The molecule has 0 fully saturated rings. The molecule has 5 heterocycles. The van der Waals surface area contributed by atoms with E-state index in [1.807, 2.05) is 33.8 Å². The fourth-order valence-electron chi connectivity index (χ4n) is 9.24. The summed E-state index contributed by atoms with van der Waals surface area (Å²) in [4.78, 5) is 109. The molecule has 67 heavy (non-hydrogen) atoms. The third-order valence-corrected chi connectivity index (χ3v) is 13.1. The first kappa shape index (κ1) is 48.7. The number of hydrogen-bond donors (Lipinski definition) is 5. The van der Waals surface area contributed by atoms with Gasteiger partial charge in [0, 0.05) is 65.7 Å². The smallest absolute Gasteiger partial charge is 0.343 e. The van der Waals surface area contributed by atoms with E-state index >= 15 is 0 Å². The Kier molecular flexibility index (Phi) is 13.6. The lowest BCUT2D eigenvalue weighted by molar-refractivity contribution is -0.172. The van der Waals surface area contributed by atoms with E-state index in [0.717, 1.165) is 39.8 Å². The van der Waals surface area contributed by atoms with E-state index in [1.165, 1.54) is 12.2 Å². The normalized spacial score (nSPS) is 18.3. The lowest BCUT2D eigenvalue weighted by atomic mass is 9.85. The number of nitrogens with zero attached hydrogens (tertiary/aromatic N) is 3. The van der Waals surface area contributed by atoms with Crippen molar-refractivity contribution in [2.24, 2.45) is 16.7 Å². The predicted octanol–water partition coefficient (Wildman–Crippen LogP) is 3.04. The van der Waals surface area contributed by atoms with Gasteiger partial charge in [0.2, 0.25) is 23.6 Å². The van der Waals surface area contributed by atoms with Gasteiger partial charge in [-0.05, 0) is 73.3 Å². The summed E-state index contributed by atoms with van der Waals surface area (Å²) in [6.45, 7) is 15.3. The summed E-state index contributed by atoms with van der Waals surface area (Å²) in [5, 5.41) is 23.7. The molecule has 18 heteroatoms. The third kappa shape index (κ3) is 9.91. The Labute approximate surface area is 388 Å². The molecule has 7 rings (SSSR count). The number of anilines is 1. The molecule has 5 N–H and O–H groups in total. The number of carbonyl (C=O) groups is 7. The van der Waals surface area contributed by atoms with Crippen molar-refractivity contribution < 1.29 is 48.1 Å². The first-order chi connectivity index (χ1) is 31.5. The summed E-state index contributed by atoms with van der Waals surface area (Å²) in [7, 11) is 0. The van der Waals surface area contributed by atoms with Crippen LogP contribution < -0.4 is 26.8 Å². The molecule has 0 radical (unpaired) electrons. The zero-order valence-corrected chi connectivity index (χ0v) is 39.5. The number of nitrogens with one attached hydrogen (secondary N) is 4. The third-order valence-electron chi connectivity index (χ3n) is 13.1.